The molecule has 104 valence electrons. The highest BCUT2D eigenvalue weighted by Gasteiger charge is 2.34. The zero-order valence-electron chi connectivity index (χ0n) is 11.5. The van der Waals surface area contributed by atoms with Crippen molar-refractivity contribution >= 4 is 0 Å². The van der Waals surface area contributed by atoms with Gasteiger partial charge in [0.2, 0.25) is 11.7 Å². The van der Waals surface area contributed by atoms with Gasteiger partial charge in [-0.1, -0.05) is 35.5 Å². The van der Waals surface area contributed by atoms with Crippen molar-refractivity contribution in [3.05, 3.63) is 36.2 Å². The molecule has 20 heavy (non-hydrogen) atoms. The number of nitrogens with zero attached hydrogens (tertiary/aromatic N) is 3. The van der Waals surface area contributed by atoms with Gasteiger partial charge < -0.3 is 9.42 Å². The Hall–Kier alpha value is -1.68. The molecule has 0 spiro atoms. The van der Waals surface area contributed by atoms with Crippen molar-refractivity contribution in [3.63, 3.8) is 0 Å². The number of benzene rings is 1. The molecule has 3 fully saturated rings. The quantitative estimate of drug-likeness (QED) is 0.859. The zero-order valence-corrected chi connectivity index (χ0v) is 11.5. The fourth-order valence-corrected chi connectivity index (χ4v) is 3.59. The molecule has 3 saturated heterocycles. The molecule has 4 heteroatoms. The van der Waals surface area contributed by atoms with Gasteiger partial charge in [-0.3, -0.25) is 0 Å². The molecule has 2 aromatic rings. The van der Waals surface area contributed by atoms with Crippen molar-refractivity contribution in [2.75, 3.05) is 19.6 Å². The number of aromatic nitrogens is 2. The van der Waals surface area contributed by atoms with Gasteiger partial charge in [0.25, 0.3) is 0 Å². The van der Waals surface area contributed by atoms with Gasteiger partial charge in [0.05, 0.1) is 0 Å². The second-order valence-corrected chi connectivity index (χ2v) is 5.98. The predicted molar refractivity (Wildman–Crippen MR) is 76.1 cm³/mol. The van der Waals surface area contributed by atoms with Crippen LogP contribution in [0, 0.1) is 11.8 Å². The minimum absolute atomic E-state index is 0.696. The van der Waals surface area contributed by atoms with E-state index in [1.165, 1.54) is 32.5 Å². The molecule has 3 aliphatic heterocycles. The largest absolute Gasteiger partial charge is 0.339 e. The predicted octanol–water partition coefficient (Wildman–Crippen LogP) is 2.62. The second-order valence-electron chi connectivity index (χ2n) is 5.98. The van der Waals surface area contributed by atoms with Crippen molar-refractivity contribution in [1.82, 2.24) is 15.0 Å². The summed E-state index contributed by atoms with van der Waals surface area (Å²) in [6, 6.07) is 10.0. The Morgan fingerprint density at radius 3 is 2.65 bits per heavy atom. The van der Waals surface area contributed by atoms with Crippen LogP contribution in [0.2, 0.25) is 0 Å². The second kappa shape index (κ2) is 5.02. The highest BCUT2D eigenvalue weighted by molar-refractivity contribution is 5.53. The van der Waals surface area contributed by atoms with Gasteiger partial charge in [0.1, 0.15) is 0 Å². The van der Waals surface area contributed by atoms with Crippen LogP contribution in [0.3, 0.4) is 0 Å². The highest BCUT2D eigenvalue weighted by atomic mass is 16.5. The molecule has 1 atom stereocenters. The lowest BCUT2D eigenvalue weighted by Crippen LogP contribution is -2.48. The molecule has 2 bridgehead atoms. The maximum absolute atomic E-state index is 5.45. The molecular weight excluding hydrogens is 250 g/mol. The van der Waals surface area contributed by atoms with E-state index in [-0.39, 0.29) is 0 Å². The van der Waals surface area contributed by atoms with E-state index in [0.717, 1.165) is 23.8 Å². The van der Waals surface area contributed by atoms with Crippen LogP contribution in [0.15, 0.2) is 34.9 Å². The summed E-state index contributed by atoms with van der Waals surface area (Å²) in [5.41, 5.74) is 1.02. The van der Waals surface area contributed by atoms with Crippen LogP contribution in [-0.4, -0.2) is 34.7 Å². The smallest absolute Gasteiger partial charge is 0.227 e. The lowest BCUT2D eigenvalue weighted by Gasteiger charge is -2.44. The van der Waals surface area contributed by atoms with Crippen LogP contribution in [0.5, 0.6) is 0 Å². The van der Waals surface area contributed by atoms with Crippen molar-refractivity contribution in [2.24, 2.45) is 11.8 Å². The summed E-state index contributed by atoms with van der Waals surface area (Å²) >= 11 is 0. The van der Waals surface area contributed by atoms with E-state index < -0.39 is 0 Å². The normalized spacial score (nSPS) is 28.7. The van der Waals surface area contributed by atoms with E-state index >= 15 is 0 Å². The van der Waals surface area contributed by atoms with Gasteiger partial charge in [0, 0.05) is 18.5 Å². The Bertz CT molecular complexity index is 572. The number of piperidine rings is 3. The standard InChI is InChI=1S/C16H19N3O/c1-2-4-13(5-3-1)16-17-15(20-18-16)10-14-11-19-8-6-12(14)7-9-19/h1-5,12,14H,6-11H2. The van der Waals surface area contributed by atoms with Gasteiger partial charge in [-0.15, -0.1) is 0 Å². The SMILES string of the molecule is c1ccc(-c2noc(CC3CN4CCC3CC4)n2)cc1. The first-order valence-electron chi connectivity index (χ1n) is 7.49. The summed E-state index contributed by atoms with van der Waals surface area (Å²) in [6.07, 6.45) is 3.61. The Morgan fingerprint density at radius 1 is 1.15 bits per heavy atom. The minimum atomic E-state index is 0.696. The zero-order chi connectivity index (χ0) is 13.4. The van der Waals surface area contributed by atoms with E-state index in [1.54, 1.807) is 0 Å². The molecule has 1 aromatic carbocycles. The van der Waals surface area contributed by atoms with Gasteiger partial charge in [-0.25, -0.2) is 0 Å². The summed E-state index contributed by atoms with van der Waals surface area (Å²) in [5.74, 6) is 3.05. The summed E-state index contributed by atoms with van der Waals surface area (Å²) < 4.78 is 5.45. The van der Waals surface area contributed by atoms with Crippen LogP contribution >= 0.6 is 0 Å². The number of rotatable bonds is 3. The summed E-state index contributed by atoms with van der Waals surface area (Å²) in [4.78, 5) is 7.13. The molecule has 1 unspecified atom stereocenters. The van der Waals surface area contributed by atoms with Gasteiger partial charge in [-0.05, 0) is 37.8 Å². The summed E-state index contributed by atoms with van der Waals surface area (Å²) in [6.45, 7) is 3.76. The Morgan fingerprint density at radius 2 is 1.95 bits per heavy atom. The lowest BCUT2D eigenvalue weighted by atomic mass is 9.77. The Kier molecular flexibility index (Phi) is 3.03. The maximum atomic E-state index is 5.45. The van der Waals surface area contributed by atoms with Gasteiger partial charge >= 0.3 is 0 Å². The Balaban J connectivity index is 1.49. The van der Waals surface area contributed by atoms with E-state index in [9.17, 15) is 0 Å². The molecule has 0 radical (unpaired) electrons. The third kappa shape index (κ3) is 2.24. The fraction of sp³-hybridized carbons (Fsp3) is 0.500. The Labute approximate surface area is 118 Å². The maximum Gasteiger partial charge on any atom is 0.227 e. The van der Waals surface area contributed by atoms with Crippen molar-refractivity contribution in [3.8, 4) is 11.4 Å². The molecule has 3 aliphatic rings. The minimum Gasteiger partial charge on any atom is -0.339 e. The first-order chi connectivity index (χ1) is 9.88. The molecule has 0 amide bonds. The van der Waals surface area contributed by atoms with E-state index in [0.29, 0.717) is 11.7 Å². The molecule has 0 aliphatic carbocycles. The number of hydrogen-bond acceptors (Lipinski definition) is 4. The van der Waals surface area contributed by atoms with E-state index in [4.69, 9.17) is 4.52 Å². The topological polar surface area (TPSA) is 42.2 Å². The van der Waals surface area contributed by atoms with Crippen LogP contribution in [0.4, 0.5) is 0 Å². The third-order valence-corrected chi connectivity index (χ3v) is 4.73. The number of hydrogen-bond donors (Lipinski definition) is 0. The summed E-state index contributed by atoms with van der Waals surface area (Å²) in [7, 11) is 0. The molecular formula is C16H19N3O. The molecule has 4 nitrogen and oxygen atoms in total. The van der Waals surface area contributed by atoms with Crippen molar-refractivity contribution in [2.45, 2.75) is 19.3 Å². The molecule has 0 N–H and O–H groups in total. The fourth-order valence-electron chi connectivity index (χ4n) is 3.59. The molecule has 1 aromatic heterocycles. The van der Waals surface area contributed by atoms with Crippen molar-refractivity contribution < 1.29 is 4.52 Å². The number of fused-ring (bicyclic) bond motifs is 3. The molecule has 4 heterocycles. The highest BCUT2D eigenvalue weighted by Crippen LogP contribution is 2.34. The van der Waals surface area contributed by atoms with Gasteiger partial charge in [0.15, 0.2) is 0 Å². The van der Waals surface area contributed by atoms with Crippen LogP contribution in [-0.2, 0) is 6.42 Å². The first kappa shape index (κ1) is 12.1. The molecule has 5 rings (SSSR count). The van der Waals surface area contributed by atoms with Crippen LogP contribution in [0.1, 0.15) is 18.7 Å². The average molecular weight is 269 g/mol. The van der Waals surface area contributed by atoms with E-state index in [2.05, 4.69) is 15.0 Å². The third-order valence-electron chi connectivity index (χ3n) is 4.73. The molecule has 0 saturated carbocycles. The average Bonchev–Trinajstić information content (AvgIpc) is 2.98. The van der Waals surface area contributed by atoms with Crippen molar-refractivity contribution in [1.29, 1.82) is 0 Å². The van der Waals surface area contributed by atoms with E-state index in [1.807, 2.05) is 30.3 Å². The monoisotopic (exact) mass is 269 g/mol. The van der Waals surface area contributed by atoms with Crippen LogP contribution < -0.4 is 0 Å². The lowest BCUT2D eigenvalue weighted by molar-refractivity contribution is 0.0473. The van der Waals surface area contributed by atoms with Gasteiger partial charge in [-0.2, -0.15) is 4.98 Å². The summed E-state index contributed by atoms with van der Waals surface area (Å²) in [5, 5.41) is 4.11. The van der Waals surface area contributed by atoms with Crippen LogP contribution in [0.25, 0.3) is 11.4 Å². The first-order valence-corrected chi connectivity index (χ1v) is 7.49.